The summed E-state index contributed by atoms with van der Waals surface area (Å²) in [6, 6.07) is 3.66. The zero-order chi connectivity index (χ0) is 13.3. The molecule has 0 aliphatic heterocycles. The molecule has 4 nitrogen and oxygen atoms in total. The fourth-order valence-corrected chi connectivity index (χ4v) is 2.64. The normalized spacial score (nSPS) is 12.8. The van der Waals surface area contributed by atoms with Gasteiger partial charge in [-0.1, -0.05) is 15.9 Å². The van der Waals surface area contributed by atoms with Crippen molar-refractivity contribution in [2.24, 2.45) is 0 Å². The van der Waals surface area contributed by atoms with Crippen LogP contribution in [0.4, 0.5) is 4.39 Å². The van der Waals surface area contributed by atoms with Crippen LogP contribution in [0.15, 0.2) is 27.6 Å². The van der Waals surface area contributed by atoms with Crippen LogP contribution in [0.25, 0.3) is 0 Å². The quantitative estimate of drug-likeness (QED) is 0.884. The standard InChI is InChI=1S/C10H13BrFNO3S/c1-10(2,14)6-13-17(15,16)9-4-3-7(11)5-8(9)12/h3-5,13-14H,6H2,1-2H3. The van der Waals surface area contributed by atoms with Crippen LogP contribution >= 0.6 is 15.9 Å². The first kappa shape index (κ1) is 14.6. The van der Waals surface area contributed by atoms with Gasteiger partial charge in [0.05, 0.1) is 5.60 Å². The maximum Gasteiger partial charge on any atom is 0.243 e. The summed E-state index contributed by atoms with van der Waals surface area (Å²) in [5.41, 5.74) is -1.20. The third kappa shape index (κ3) is 4.34. The largest absolute Gasteiger partial charge is 0.389 e. The van der Waals surface area contributed by atoms with Gasteiger partial charge in [0.2, 0.25) is 10.0 Å². The molecule has 0 fully saturated rings. The van der Waals surface area contributed by atoms with Crippen molar-refractivity contribution in [3.63, 3.8) is 0 Å². The van der Waals surface area contributed by atoms with Crippen LogP contribution < -0.4 is 4.72 Å². The molecule has 1 aromatic rings. The van der Waals surface area contributed by atoms with E-state index in [1.54, 1.807) is 0 Å². The predicted octanol–water partition coefficient (Wildman–Crippen LogP) is 1.64. The molecule has 1 aromatic carbocycles. The van der Waals surface area contributed by atoms with Crippen LogP contribution in [0.1, 0.15) is 13.8 Å². The highest BCUT2D eigenvalue weighted by Gasteiger charge is 2.22. The van der Waals surface area contributed by atoms with E-state index in [1.807, 2.05) is 0 Å². The summed E-state index contributed by atoms with van der Waals surface area (Å²) < 4.78 is 39.5. The van der Waals surface area contributed by atoms with Gasteiger partial charge in [-0.3, -0.25) is 0 Å². The van der Waals surface area contributed by atoms with Crippen LogP contribution in [0, 0.1) is 5.82 Å². The van der Waals surface area contributed by atoms with Crippen LogP contribution in [0.2, 0.25) is 0 Å². The molecule has 0 saturated heterocycles. The van der Waals surface area contributed by atoms with Gasteiger partial charge in [-0.2, -0.15) is 0 Å². The molecule has 0 aromatic heterocycles. The highest BCUT2D eigenvalue weighted by atomic mass is 79.9. The van der Waals surface area contributed by atoms with Crippen LogP contribution in [-0.2, 0) is 10.0 Å². The Morgan fingerprint density at radius 2 is 2.06 bits per heavy atom. The Morgan fingerprint density at radius 3 is 2.53 bits per heavy atom. The Hall–Kier alpha value is -0.500. The highest BCUT2D eigenvalue weighted by molar-refractivity contribution is 9.10. The van der Waals surface area contributed by atoms with E-state index in [-0.39, 0.29) is 6.54 Å². The fraction of sp³-hybridized carbons (Fsp3) is 0.400. The molecule has 0 aliphatic rings. The minimum atomic E-state index is -3.95. The van der Waals surface area contributed by atoms with E-state index in [1.165, 1.54) is 19.9 Å². The van der Waals surface area contributed by atoms with Crippen molar-refractivity contribution in [3.05, 3.63) is 28.5 Å². The SMILES string of the molecule is CC(C)(O)CNS(=O)(=O)c1ccc(Br)cc1F. The van der Waals surface area contributed by atoms with Gasteiger partial charge in [0, 0.05) is 11.0 Å². The highest BCUT2D eigenvalue weighted by Crippen LogP contribution is 2.19. The molecule has 96 valence electrons. The van der Waals surface area contributed by atoms with E-state index >= 15 is 0 Å². The van der Waals surface area contributed by atoms with Gasteiger partial charge in [0.1, 0.15) is 10.7 Å². The summed E-state index contributed by atoms with van der Waals surface area (Å²) in [6.07, 6.45) is 0. The monoisotopic (exact) mass is 325 g/mol. The van der Waals surface area contributed by atoms with E-state index in [0.29, 0.717) is 4.47 Å². The molecular formula is C10H13BrFNO3S. The predicted molar refractivity (Wildman–Crippen MR) is 65.6 cm³/mol. The molecule has 0 aliphatic carbocycles. The number of hydrogen-bond donors (Lipinski definition) is 2. The Balaban J connectivity index is 2.98. The summed E-state index contributed by atoms with van der Waals surface area (Å²) in [6.45, 7) is 2.71. The van der Waals surface area contributed by atoms with Crippen molar-refractivity contribution in [1.82, 2.24) is 4.72 Å². The second-order valence-corrected chi connectivity index (χ2v) is 6.86. The van der Waals surface area contributed by atoms with Gasteiger partial charge in [-0.05, 0) is 32.0 Å². The first-order chi connectivity index (χ1) is 7.62. The zero-order valence-electron chi connectivity index (χ0n) is 9.37. The molecule has 0 bridgehead atoms. The number of sulfonamides is 1. The lowest BCUT2D eigenvalue weighted by Gasteiger charge is -2.17. The lowest BCUT2D eigenvalue weighted by Crippen LogP contribution is -2.38. The molecule has 2 N–H and O–H groups in total. The van der Waals surface area contributed by atoms with Crippen molar-refractivity contribution in [2.45, 2.75) is 24.3 Å². The van der Waals surface area contributed by atoms with Crippen molar-refractivity contribution < 1.29 is 17.9 Å². The van der Waals surface area contributed by atoms with E-state index in [9.17, 15) is 17.9 Å². The summed E-state index contributed by atoms with van der Waals surface area (Å²) in [4.78, 5) is -0.440. The first-order valence-electron chi connectivity index (χ1n) is 4.79. The number of nitrogens with one attached hydrogen (secondary N) is 1. The van der Waals surface area contributed by atoms with E-state index < -0.39 is 26.3 Å². The molecule has 0 atom stereocenters. The van der Waals surface area contributed by atoms with E-state index in [4.69, 9.17) is 0 Å². The molecule has 7 heteroatoms. The van der Waals surface area contributed by atoms with Gasteiger partial charge < -0.3 is 5.11 Å². The third-order valence-corrected chi connectivity index (χ3v) is 3.81. The molecule has 0 unspecified atom stereocenters. The summed E-state index contributed by atoms with van der Waals surface area (Å²) in [5.74, 6) is -0.845. The van der Waals surface area contributed by atoms with Gasteiger partial charge in [0.25, 0.3) is 0 Å². The number of benzene rings is 1. The molecule has 0 heterocycles. The zero-order valence-corrected chi connectivity index (χ0v) is 11.8. The van der Waals surface area contributed by atoms with Gasteiger partial charge in [0.15, 0.2) is 0 Å². The smallest absolute Gasteiger partial charge is 0.243 e. The maximum atomic E-state index is 13.5. The second-order valence-electron chi connectivity index (χ2n) is 4.21. The van der Waals surface area contributed by atoms with Crippen molar-refractivity contribution in [2.75, 3.05) is 6.54 Å². The van der Waals surface area contributed by atoms with E-state index in [2.05, 4.69) is 20.7 Å². The average molecular weight is 326 g/mol. The number of rotatable bonds is 4. The van der Waals surface area contributed by atoms with Crippen molar-refractivity contribution >= 4 is 26.0 Å². The number of halogens is 2. The minimum absolute atomic E-state index is 0.190. The average Bonchev–Trinajstić information content (AvgIpc) is 2.13. The van der Waals surface area contributed by atoms with Crippen molar-refractivity contribution in [1.29, 1.82) is 0 Å². The molecule has 0 amide bonds. The Labute approximate surface area is 108 Å². The lowest BCUT2D eigenvalue weighted by molar-refractivity contribution is 0.0857. The first-order valence-corrected chi connectivity index (χ1v) is 7.06. The molecule has 17 heavy (non-hydrogen) atoms. The van der Waals surface area contributed by atoms with Crippen molar-refractivity contribution in [3.8, 4) is 0 Å². The van der Waals surface area contributed by atoms with E-state index in [0.717, 1.165) is 12.1 Å². The number of hydrogen-bond acceptors (Lipinski definition) is 3. The Morgan fingerprint density at radius 1 is 1.47 bits per heavy atom. The second kappa shape index (κ2) is 5.01. The number of aliphatic hydroxyl groups is 1. The molecule has 0 radical (unpaired) electrons. The van der Waals surface area contributed by atoms with Gasteiger partial charge in [-0.25, -0.2) is 17.5 Å². The maximum absolute atomic E-state index is 13.5. The Kier molecular flexibility index (Phi) is 4.29. The molecule has 0 saturated carbocycles. The van der Waals surface area contributed by atoms with Gasteiger partial charge >= 0.3 is 0 Å². The van der Waals surface area contributed by atoms with Crippen LogP contribution in [0.3, 0.4) is 0 Å². The summed E-state index contributed by atoms with van der Waals surface area (Å²) >= 11 is 3.04. The summed E-state index contributed by atoms with van der Waals surface area (Å²) in [7, 11) is -3.95. The fourth-order valence-electron chi connectivity index (χ4n) is 1.04. The van der Waals surface area contributed by atoms with Crippen LogP contribution in [0.5, 0.6) is 0 Å². The lowest BCUT2D eigenvalue weighted by atomic mass is 10.1. The Bertz CT molecular complexity index is 511. The minimum Gasteiger partial charge on any atom is -0.389 e. The molecule has 1 rings (SSSR count). The molecule has 0 spiro atoms. The topological polar surface area (TPSA) is 66.4 Å². The molecular weight excluding hydrogens is 313 g/mol. The van der Waals surface area contributed by atoms with Gasteiger partial charge in [-0.15, -0.1) is 0 Å². The van der Waals surface area contributed by atoms with Crippen LogP contribution in [-0.4, -0.2) is 25.7 Å². The third-order valence-electron chi connectivity index (χ3n) is 1.88. The summed E-state index contributed by atoms with van der Waals surface area (Å²) in [5, 5.41) is 9.41.